The number of fused-ring (bicyclic) bond motifs is 1. The first-order valence-corrected chi connectivity index (χ1v) is 12.4. The molecule has 2 aliphatic carbocycles. The van der Waals surface area contributed by atoms with Crippen LogP contribution in [0.25, 0.3) is 0 Å². The molecule has 0 atom stereocenters. The van der Waals surface area contributed by atoms with Gasteiger partial charge in [-0.15, -0.1) is 0 Å². The minimum atomic E-state index is -2.91. The molecule has 192 valence electrons. The Hall–Kier alpha value is -3.70. The molecule has 1 aromatic carbocycles. The van der Waals surface area contributed by atoms with Crippen LogP contribution >= 0.6 is 0 Å². The molecule has 9 nitrogen and oxygen atoms in total. The van der Waals surface area contributed by atoms with Crippen LogP contribution in [-0.4, -0.2) is 44.5 Å². The van der Waals surface area contributed by atoms with E-state index < -0.39 is 24.4 Å². The third kappa shape index (κ3) is 5.09. The Balaban J connectivity index is 1.28. The Kier molecular flexibility index (Phi) is 5.76. The maximum Gasteiger partial charge on any atom is 0.256 e. The van der Waals surface area contributed by atoms with Gasteiger partial charge in [-0.1, -0.05) is 6.07 Å². The summed E-state index contributed by atoms with van der Waals surface area (Å²) in [5.74, 6) is -2.67. The van der Waals surface area contributed by atoms with Crippen LogP contribution in [-0.2, 0) is 18.6 Å². The number of nitrogens with zero attached hydrogens (tertiary/aromatic N) is 3. The predicted octanol–water partition coefficient (Wildman–Crippen LogP) is 3.51. The third-order valence-electron chi connectivity index (χ3n) is 6.90. The largest absolute Gasteiger partial charge is 0.383 e. The molecule has 3 heterocycles. The third-order valence-corrected chi connectivity index (χ3v) is 6.90. The summed E-state index contributed by atoms with van der Waals surface area (Å²) in [7, 11) is 0. The van der Waals surface area contributed by atoms with Crippen molar-refractivity contribution >= 4 is 29.0 Å². The van der Waals surface area contributed by atoms with Crippen molar-refractivity contribution in [2.75, 3.05) is 17.2 Å². The monoisotopic (exact) mass is 507 g/mol. The second-order valence-electron chi connectivity index (χ2n) is 10.0. The molecule has 2 aromatic heterocycles. The van der Waals surface area contributed by atoms with Crippen molar-refractivity contribution in [2.24, 2.45) is 0 Å². The van der Waals surface area contributed by atoms with Gasteiger partial charge in [0.2, 0.25) is 5.95 Å². The number of pyridine rings is 1. The SMILES string of the molecule is O=C(NC1CC1)c1cnc(Nc2ccc3c(c2)CNCC3)nc1Nc1ccnc(C2(O)CC(F)(F)C2)c1. The molecule has 0 radical (unpaired) electrons. The maximum absolute atomic E-state index is 13.5. The summed E-state index contributed by atoms with van der Waals surface area (Å²) in [4.78, 5) is 25.9. The van der Waals surface area contributed by atoms with E-state index in [-0.39, 0.29) is 29.0 Å². The summed E-state index contributed by atoms with van der Waals surface area (Å²) in [5, 5.41) is 23.2. The molecule has 5 N–H and O–H groups in total. The van der Waals surface area contributed by atoms with Gasteiger partial charge in [-0.2, -0.15) is 4.98 Å². The van der Waals surface area contributed by atoms with E-state index in [1.54, 1.807) is 6.07 Å². The van der Waals surface area contributed by atoms with Gasteiger partial charge in [0.25, 0.3) is 11.8 Å². The van der Waals surface area contributed by atoms with E-state index in [2.05, 4.69) is 48.4 Å². The number of rotatable bonds is 7. The van der Waals surface area contributed by atoms with E-state index in [9.17, 15) is 18.7 Å². The number of halogens is 2. The van der Waals surface area contributed by atoms with Crippen molar-refractivity contribution in [1.82, 2.24) is 25.6 Å². The highest BCUT2D eigenvalue weighted by atomic mass is 19.3. The predicted molar refractivity (Wildman–Crippen MR) is 133 cm³/mol. The van der Waals surface area contributed by atoms with Crippen molar-refractivity contribution in [3.05, 3.63) is 65.1 Å². The number of anilines is 4. The quantitative estimate of drug-likeness (QED) is 0.329. The van der Waals surface area contributed by atoms with Crippen LogP contribution in [0.15, 0.2) is 42.7 Å². The van der Waals surface area contributed by atoms with E-state index >= 15 is 0 Å². The molecular weight excluding hydrogens is 480 g/mol. The highest BCUT2D eigenvalue weighted by molar-refractivity contribution is 5.99. The topological polar surface area (TPSA) is 124 Å². The van der Waals surface area contributed by atoms with Gasteiger partial charge in [0.15, 0.2) is 0 Å². The Morgan fingerprint density at radius 1 is 1.05 bits per heavy atom. The number of aliphatic hydroxyl groups is 1. The fourth-order valence-electron chi connectivity index (χ4n) is 4.77. The molecule has 0 bridgehead atoms. The van der Waals surface area contributed by atoms with Gasteiger partial charge < -0.3 is 26.4 Å². The normalized spacial score (nSPS) is 19.3. The Labute approximate surface area is 212 Å². The first-order chi connectivity index (χ1) is 17.8. The maximum atomic E-state index is 13.5. The lowest BCUT2D eigenvalue weighted by Gasteiger charge is -2.42. The van der Waals surface area contributed by atoms with Crippen molar-refractivity contribution in [2.45, 2.75) is 56.2 Å². The zero-order chi connectivity index (χ0) is 25.6. The van der Waals surface area contributed by atoms with Crippen LogP contribution in [0.1, 0.15) is 52.9 Å². The average Bonchev–Trinajstić information content (AvgIpc) is 3.67. The fraction of sp³-hybridized carbons (Fsp3) is 0.385. The smallest absolute Gasteiger partial charge is 0.256 e. The number of carbonyl (C=O) groups is 1. The van der Waals surface area contributed by atoms with Gasteiger partial charge in [0, 0.05) is 49.2 Å². The molecular formula is C26H27F2N7O2. The molecule has 6 rings (SSSR count). The minimum absolute atomic E-state index is 0.141. The number of amides is 1. The highest BCUT2D eigenvalue weighted by Gasteiger charge is 2.57. The molecule has 3 aliphatic rings. The van der Waals surface area contributed by atoms with Crippen molar-refractivity contribution in [3.8, 4) is 0 Å². The molecule has 0 saturated heterocycles. The first kappa shape index (κ1) is 23.7. The molecule has 0 unspecified atom stereocenters. The van der Waals surface area contributed by atoms with E-state index in [0.717, 1.165) is 38.0 Å². The lowest BCUT2D eigenvalue weighted by Crippen LogP contribution is -2.49. The Bertz CT molecular complexity index is 1350. The highest BCUT2D eigenvalue weighted by Crippen LogP contribution is 2.51. The van der Waals surface area contributed by atoms with Crippen LogP contribution in [0.3, 0.4) is 0 Å². The molecule has 3 aromatic rings. The minimum Gasteiger partial charge on any atom is -0.383 e. The van der Waals surface area contributed by atoms with Gasteiger partial charge in [0.1, 0.15) is 17.0 Å². The van der Waals surface area contributed by atoms with Crippen molar-refractivity contribution in [3.63, 3.8) is 0 Å². The van der Waals surface area contributed by atoms with Gasteiger partial charge >= 0.3 is 0 Å². The van der Waals surface area contributed by atoms with Gasteiger partial charge in [-0.05, 0) is 61.2 Å². The molecule has 2 fully saturated rings. The number of aromatic nitrogens is 3. The van der Waals surface area contributed by atoms with Gasteiger partial charge in [-0.3, -0.25) is 9.78 Å². The summed E-state index contributed by atoms with van der Waals surface area (Å²) >= 11 is 0. The van der Waals surface area contributed by atoms with Gasteiger partial charge in [0.05, 0.1) is 5.69 Å². The van der Waals surface area contributed by atoms with Crippen LogP contribution in [0.4, 0.5) is 31.9 Å². The number of hydrogen-bond acceptors (Lipinski definition) is 8. The second-order valence-corrected chi connectivity index (χ2v) is 10.0. The van der Waals surface area contributed by atoms with E-state index in [1.807, 2.05) is 6.07 Å². The Morgan fingerprint density at radius 3 is 2.65 bits per heavy atom. The van der Waals surface area contributed by atoms with E-state index in [1.165, 1.54) is 29.6 Å². The summed E-state index contributed by atoms with van der Waals surface area (Å²) in [6.45, 7) is 1.75. The van der Waals surface area contributed by atoms with Crippen molar-refractivity contribution in [1.29, 1.82) is 0 Å². The molecule has 1 aliphatic heterocycles. The molecule has 37 heavy (non-hydrogen) atoms. The van der Waals surface area contributed by atoms with Gasteiger partial charge in [-0.25, -0.2) is 13.8 Å². The molecule has 0 spiro atoms. The number of hydrogen-bond donors (Lipinski definition) is 5. The number of benzene rings is 1. The zero-order valence-corrected chi connectivity index (χ0v) is 20.0. The summed E-state index contributed by atoms with van der Waals surface area (Å²) in [5.41, 5.74) is 2.49. The molecule has 1 amide bonds. The average molecular weight is 508 g/mol. The lowest BCUT2D eigenvalue weighted by atomic mass is 9.74. The summed E-state index contributed by atoms with van der Waals surface area (Å²) in [6, 6.07) is 9.38. The fourth-order valence-corrected chi connectivity index (χ4v) is 4.77. The second kappa shape index (κ2) is 9.00. The summed E-state index contributed by atoms with van der Waals surface area (Å²) < 4.78 is 26.9. The van der Waals surface area contributed by atoms with Crippen LogP contribution in [0.5, 0.6) is 0 Å². The van der Waals surface area contributed by atoms with Crippen LogP contribution < -0.4 is 21.3 Å². The van der Waals surface area contributed by atoms with Crippen molar-refractivity contribution < 1.29 is 18.7 Å². The standard InChI is InChI=1S/C26H27F2N7O2/c27-26(28)13-25(37,14-26)21-10-19(6-8-30-21)32-22-20(23(36)33-17-3-4-17)12-31-24(35-22)34-18-2-1-15-5-7-29-11-16(15)9-18/h1-2,6,8-10,12,17,29,37H,3-5,7,11,13-14H2,(H,33,36)(H2,30,31,32,34,35). The Morgan fingerprint density at radius 2 is 1.86 bits per heavy atom. The number of nitrogens with one attached hydrogen (secondary N) is 4. The van der Waals surface area contributed by atoms with E-state index in [0.29, 0.717) is 11.6 Å². The first-order valence-electron chi connectivity index (χ1n) is 12.4. The zero-order valence-electron chi connectivity index (χ0n) is 20.0. The molecule has 2 saturated carbocycles. The molecule has 11 heteroatoms. The lowest BCUT2D eigenvalue weighted by molar-refractivity contribution is -0.212. The number of alkyl halides is 2. The van der Waals surface area contributed by atoms with Crippen LogP contribution in [0, 0.1) is 0 Å². The van der Waals surface area contributed by atoms with Crippen LogP contribution in [0.2, 0.25) is 0 Å². The summed E-state index contributed by atoms with van der Waals surface area (Å²) in [6.07, 6.45) is 4.37. The van der Waals surface area contributed by atoms with E-state index in [4.69, 9.17) is 0 Å². The number of carbonyl (C=O) groups excluding carboxylic acids is 1.